The summed E-state index contributed by atoms with van der Waals surface area (Å²) in [5.74, 6) is 1.46. The standard InChI is InChI=1S/C19H21N5O3S/c25-19(22-12-15-13-27-18(23-15)16-4-2-10-28-16)21-11-14-3-1-5-20-17(14)24-6-8-26-9-7-24/h1-5,10,13H,6-9,11-12H2,(H2,21,22,25). The Labute approximate surface area is 166 Å². The van der Waals surface area contributed by atoms with E-state index in [9.17, 15) is 4.79 Å². The number of ether oxygens (including phenoxy) is 1. The maximum Gasteiger partial charge on any atom is 0.315 e. The van der Waals surface area contributed by atoms with E-state index in [2.05, 4.69) is 25.5 Å². The average molecular weight is 399 g/mol. The van der Waals surface area contributed by atoms with Crippen molar-refractivity contribution < 1.29 is 13.9 Å². The Morgan fingerprint density at radius 2 is 2.04 bits per heavy atom. The van der Waals surface area contributed by atoms with Crippen LogP contribution >= 0.6 is 11.3 Å². The SMILES string of the molecule is O=C(NCc1coc(-c2cccs2)n1)NCc1cccnc1N1CCOCC1. The lowest BCUT2D eigenvalue weighted by atomic mass is 10.2. The summed E-state index contributed by atoms with van der Waals surface area (Å²) in [5, 5.41) is 7.65. The lowest BCUT2D eigenvalue weighted by Gasteiger charge is -2.29. The first-order chi connectivity index (χ1) is 13.8. The monoisotopic (exact) mass is 399 g/mol. The number of carbonyl (C=O) groups is 1. The zero-order valence-electron chi connectivity index (χ0n) is 15.3. The molecule has 146 valence electrons. The number of nitrogens with one attached hydrogen (secondary N) is 2. The molecule has 0 bridgehead atoms. The average Bonchev–Trinajstić information content (AvgIpc) is 3.43. The van der Waals surface area contributed by atoms with Gasteiger partial charge in [-0.25, -0.2) is 14.8 Å². The predicted octanol–water partition coefficient (Wildman–Crippen LogP) is 2.63. The number of carbonyl (C=O) groups excluding carboxylic acids is 1. The van der Waals surface area contributed by atoms with Gasteiger partial charge in [-0.15, -0.1) is 11.3 Å². The number of anilines is 1. The molecule has 9 heteroatoms. The third kappa shape index (κ3) is 4.49. The van der Waals surface area contributed by atoms with E-state index in [0.717, 1.165) is 29.3 Å². The molecule has 0 aliphatic carbocycles. The molecule has 4 heterocycles. The van der Waals surface area contributed by atoms with Gasteiger partial charge in [-0.2, -0.15) is 0 Å². The largest absolute Gasteiger partial charge is 0.443 e. The van der Waals surface area contributed by atoms with Crippen molar-refractivity contribution in [2.24, 2.45) is 0 Å². The molecule has 1 aliphatic heterocycles. The molecule has 3 aromatic rings. The van der Waals surface area contributed by atoms with Crippen molar-refractivity contribution >= 4 is 23.2 Å². The summed E-state index contributed by atoms with van der Waals surface area (Å²) >= 11 is 1.56. The van der Waals surface area contributed by atoms with Crippen LogP contribution in [0.4, 0.5) is 10.6 Å². The van der Waals surface area contributed by atoms with Gasteiger partial charge in [0.2, 0.25) is 5.89 Å². The number of hydrogen-bond acceptors (Lipinski definition) is 7. The second kappa shape index (κ2) is 8.85. The first kappa shape index (κ1) is 18.5. The van der Waals surface area contributed by atoms with Crippen molar-refractivity contribution in [2.45, 2.75) is 13.1 Å². The van der Waals surface area contributed by atoms with E-state index < -0.39 is 0 Å². The van der Waals surface area contributed by atoms with Gasteiger partial charge in [0.15, 0.2) is 0 Å². The lowest BCUT2D eigenvalue weighted by Crippen LogP contribution is -2.38. The van der Waals surface area contributed by atoms with E-state index in [0.29, 0.717) is 37.9 Å². The quantitative estimate of drug-likeness (QED) is 0.662. The van der Waals surface area contributed by atoms with Crippen molar-refractivity contribution in [2.75, 3.05) is 31.2 Å². The van der Waals surface area contributed by atoms with E-state index in [4.69, 9.17) is 9.15 Å². The Morgan fingerprint density at radius 1 is 1.18 bits per heavy atom. The second-order valence-electron chi connectivity index (χ2n) is 6.24. The number of thiophene rings is 1. The fourth-order valence-electron chi connectivity index (χ4n) is 2.94. The van der Waals surface area contributed by atoms with Crippen LogP contribution in [0.15, 0.2) is 46.5 Å². The number of nitrogens with zero attached hydrogens (tertiary/aromatic N) is 3. The van der Waals surface area contributed by atoms with E-state index in [1.54, 1.807) is 23.8 Å². The van der Waals surface area contributed by atoms with Gasteiger partial charge in [0.1, 0.15) is 12.1 Å². The minimum atomic E-state index is -0.266. The molecule has 3 aromatic heterocycles. The van der Waals surface area contributed by atoms with Gasteiger partial charge in [0.05, 0.1) is 30.3 Å². The minimum Gasteiger partial charge on any atom is -0.443 e. The van der Waals surface area contributed by atoms with Gasteiger partial charge in [0.25, 0.3) is 0 Å². The van der Waals surface area contributed by atoms with Crippen LogP contribution in [0.5, 0.6) is 0 Å². The van der Waals surface area contributed by atoms with E-state index >= 15 is 0 Å². The Balaban J connectivity index is 1.29. The van der Waals surface area contributed by atoms with Crippen LogP contribution in [0.1, 0.15) is 11.3 Å². The number of morpholine rings is 1. The summed E-state index contributed by atoms with van der Waals surface area (Å²) in [4.78, 5) is 24.2. The molecule has 1 aliphatic rings. The summed E-state index contributed by atoms with van der Waals surface area (Å²) in [7, 11) is 0. The summed E-state index contributed by atoms with van der Waals surface area (Å²) in [6, 6.07) is 7.47. The highest BCUT2D eigenvalue weighted by Gasteiger charge is 2.16. The van der Waals surface area contributed by atoms with Gasteiger partial charge in [-0.1, -0.05) is 12.1 Å². The molecule has 0 atom stereocenters. The predicted molar refractivity (Wildman–Crippen MR) is 106 cm³/mol. The number of pyridine rings is 1. The van der Waals surface area contributed by atoms with Crippen molar-refractivity contribution in [3.05, 3.63) is 53.4 Å². The van der Waals surface area contributed by atoms with Crippen molar-refractivity contribution in [1.29, 1.82) is 0 Å². The molecular formula is C19H21N5O3S. The topological polar surface area (TPSA) is 92.5 Å². The molecule has 1 fully saturated rings. The number of aromatic nitrogens is 2. The van der Waals surface area contributed by atoms with Crippen LogP contribution in [0, 0.1) is 0 Å². The van der Waals surface area contributed by atoms with E-state index in [1.807, 2.05) is 29.6 Å². The second-order valence-corrected chi connectivity index (χ2v) is 7.19. The molecule has 0 aromatic carbocycles. The third-order valence-corrected chi connectivity index (χ3v) is 5.19. The highest BCUT2D eigenvalue weighted by atomic mass is 32.1. The van der Waals surface area contributed by atoms with Crippen molar-refractivity contribution in [3.8, 4) is 10.8 Å². The zero-order valence-corrected chi connectivity index (χ0v) is 16.1. The summed E-state index contributed by atoms with van der Waals surface area (Å²) in [5.41, 5.74) is 1.65. The molecule has 2 amide bonds. The molecule has 2 N–H and O–H groups in total. The molecule has 0 saturated carbocycles. The molecule has 28 heavy (non-hydrogen) atoms. The van der Waals surface area contributed by atoms with Gasteiger partial charge in [-0.05, 0) is 17.5 Å². The van der Waals surface area contributed by atoms with Gasteiger partial charge in [0, 0.05) is 31.4 Å². The number of amides is 2. The molecule has 0 spiro atoms. The normalized spacial score (nSPS) is 14.1. The summed E-state index contributed by atoms with van der Waals surface area (Å²) < 4.78 is 10.9. The maximum absolute atomic E-state index is 12.2. The first-order valence-corrected chi connectivity index (χ1v) is 9.94. The van der Waals surface area contributed by atoms with Crippen LogP contribution in [0.3, 0.4) is 0 Å². The summed E-state index contributed by atoms with van der Waals surface area (Å²) in [6.07, 6.45) is 3.33. The molecule has 4 rings (SSSR count). The maximum atomic E-state index is 12.2. The Kier molecular flexibility index (Phi) is 5.83. The lowest BCUT2D eigenvalue weighted by molar-refractivity contribution is 0.122. The van der Waals surface area contributed by atoms with Crippen LogP contribution in [0.2, 0.25) is 0 Å². The number of oxazole rings is 1. The van der Waals surface area contributed by atoms with Crippen LogP contribution < -0.4 is 15.5 Å². The number of rotatable bonds is 6. The van der Waals surface area contributed by atoms with E-state index in [1.165, 1.54) is 0 Å². The Bertz CT molecular complexity index is 906. The number of hydrogen-bond donors (Lipinski definition) is 2. The van der Waals surface area contributed by atoms with Crippen LogP contribution in [0.25, 0.3) is 10.8 Å². The minimum absolute atomic E-state index is 0.266. The van der Waals surface area contributed by atoms with Crippen LogP contribution in [-0.2, 0) is 17.8 Å². The van der Waals surface area contributed by atoms with Gasteiger partial charge in [-0.3, -0.25) is 0 Å². The Hall–Kier alpha value is -2.91. The molecule has 1 saturated heterocycles. The fraction of sp³-hybridized carbons (Fsp3) is 0.316. The molecule has 0 unspecified atom stereocenters. The van der Waals surface area contributed by atoms with E-state index in [-0.39, 0.29) is 6.03 Å². The van der Waals surface area contributed by atoms with Crippen LogP contribution in [-0.4, -0.2) is 42.3 Å². The molecule has 0 radical (unpaired) electrons. The Morgan fingerprint density at radius 3 is 2.86 bits per heavy atom. The van der Waals surface area contributed by atoms with Crippen molar-refractivity contribution in [1.82, 2.24) is 20.6 Å². The van der Waals surface area contributed by atoms with Crippen molar-refractivity contribution in [3.63, 3.8) is 0 Å². The molecule has 8 nitrogen and oxygen atoms in total. The summed E-state index contributed by atoms with van der Waals surface area (Å²) in [6.45, 7) is 3.67. The highest BCUT2D eigenvalue weighted by molar-refractivity contribution is 7.13. The first-order valence-electron chi connectivity index (χ1n) is 9.06. The number of urea groups is 1. The highest BCUT2D eigenvalue weighted by Crippen LogP contribution is 2.23. The fourth-order valence-corrected chi connectivity index (χ4v) is 3.59. The zero-order chi connectivity index (χ0) is 19.2. The molecular weight excluding hydrogens is 378 g/mol. The third-order valence-electron chi connectivity index (χ3n) is 4.33. The van der Waals surface area contributed by atoms with Gasteiger partial charge >= 0.3 is 6.03 Å². The van der Waals surface area contributed by atoms with Gasteiger partial charge < -0.3 is 24.7 Å². The smallest absolute Gasteiger partial charge is 0.315 e.